The largest absolute Gasteiger partial charge is 0.392 e. The van der Waals surface area contributed by atoms with Gasteiger partial charge < -0.3 is 10.0 Å². The Labute approximate surface area is 118 Å². The van der Waals surface area contributed by atoms with Gasteiger partial charge in [-0.3, -0.25) is 0 Å². The van der Waals surface area contributed by atoms with Crippen molar-refractivity contribution in [2.75, 3.05) is 11.4 Å². The van der Waals surface area contributed by atoms with Crippen LogP contribution in [0.4, 0.5) is 15.8 Å². The van der Waals surface area contributed by atoms with Crippen molar-refractivity contribution in [1.82, 2.24) is 0 Å². The number of halogens is 1. The minimum atomic E-state index is -0.303. The van der Waals surface area contributed by atoms with Gasteiger partial charge in [-0.2, -0.15) is 0 Å². The highest BCUT2D eigenvalue weighted by atomic mass is 19.1. The fourth-order valence-electron chi connectivity index (χ4n) is 2.92. The average molecular weight is 271 g/mol. The number of nitrogens with zero attached hydrogens (tertiary/aromatic N) is 1. The van der Waals surface area contributed by atoms with Crippen molar-refractivity contribution in [3.05, 3.63) is 59.4 Å². The molecular formula is C17H18FNO. The summed E-state index contributed by atoms with van der Waals surface area (Å²) in [5.74, 6) is 0.216. The summed E-state index contributed by atoms with van der Waals surface area (Å²) in [4.78, 5) is 2.14. The molecular weight excluding hydrogens is 253 g/mol. The van der Waals surface area contributed by atoms with E-state index in [1.165, 1.54) is 17.7 Å². The SMILES string of the molecule is CC1Cc2ccccc2N(c2cc(F)cc(CO)c2)C1. The van der Waals surface area contributed by atoms with Crippen LogP contribution < -0.4 is 4.90 Å². The van der Waals surface area contributed by atoms with Gasteiger partial charge in [0, 0.05) is 17.9 Å². The summed E-state index contributed by atoms with van der Waals surface area (Å²) in [6, 6.07) is 13.0. The first-order chi connectivity index (χ1) is 9.67. The molecule has 1 N–H and O–H groups in total. The second-order valence-electron chi connectivity index (χ2n) is 5.52. The van der Waals surface area contributed by atoms with E-state index in [9.17, 15) is 9.50 Å². The number of para-hydroxylation sites is 1. The molecule has 20 heavy (non-hydrogen) atoms. The van der Waals surface area contributed by atoms with Crippen molar-refractivity contribution in [3.63, 3.8) is 0 Å². The lowest BCUT2D eigenvalue weighted by Gasteiger charge is -2.35. The summed E-state index contributed by atoms with van der Waals surface area (Å²) in [5, 5.41) is 9.25. The van der Waals surface area contributed by atoms with Crippen LogP contribution in [0, 0.1) is 11.7 Å². The third kappa shape index (κ3) is 2.41. The molecule has 104 valence electrons. The van der Waals surface area contributed by atoms with E-state index in [1.807, 2.05) is 18.2 Å². The highest BCUT2D eigenvalue weighted by Crippen LogP contribution is 2.35. The Morgan fingerprint density at radius 2 is 2.05 bits per heavy atom. The van der Waals surface area contributed by atoms with Crippen LogP contribution in [0.3, 0.4) is 0 Å². The molecule has 1 heterocycles. The van der Waals surface area contributed by atoms with Gasteiger partial charge in [0.05, 0.1) is 6.61 Å². The quantitative estimate of drug-likeness (QED) is 0.901. The summed E-state index contributed by atoms with van der Waals surface area (Å²) in [7, 11) is 0. The first-order valence-corrected chi connectivity index (χ1v) is 6.93. The van der Waals surface area contributed by atoms with Gasteiger partial charge >= 0.3 is 0 Å². The second-order valence-corrected chi connectivity index (χ2v) is 5.52. The van der Waals surface area contributed by atoms with Crippen LogP contribution in [0.5, 0.6) is 0 Å². The highest BCUT2D eigenvalue weighted by molar-refractivity contribution is 5.68. The standard InChI is InChI=1S/C17H18FNO/c1-12-6-14-4-2-3-5-17(14)19(10-12)16-8-13(11-20)7-15(18)9-16/h2-5,7-9,12,20H,6,10-11H2,1H3. The average Bonchev–Trinajstić information content (AvgIpc) is 2.45. The zero-order valence-corrected chi connectivity index (χ0v) is 11.5. The Morgan fingerprint density at radius 3 is 2.85 bits per heavy atom. The first-order valence-electron chi connectivity index (χ1n) is 6.93. The van der Waals surface area contributed by atoms with Crippen LogP contribution >= 0.6 is 0 Å². The van der Waals surface area contributed by atoms with Gasteiger partial charge in [-0.25, -0.2) is 4.39 Å². The van der Waals surface area contributed by atoms with Gasteiger partial charge in [0.15, 0.2) is 0 Å². The molecule has 1 aliphatic heterocycles. The number of anilines is 2. The number of benzene rings is 2. The van der Waals surface area contributed by atoms with Gasteiger partial charge in [0.1, 0.15) is 5.82 Å². The summed E-state index contributed by atoms with van der Waals surface area (Å²) in [6.07, 6.45) is 1.05. The molecule has 2 aromatic carbocycles. The van der Waals surface area contributed by atoms with Crippen molar-refractivity contribution in [3.8, 4) is 0 Å². The van der Waals surface area contributed by atoms with Gasteiger partial charge in [0.2, 0.25) is 0 Å². The van der Waals surface area contributed by atoms with E-state index < -0.39 is 0 Å². The zero-order chi connectivity index (χ0) is 14.1. The lowest BCUT2D eigenvalue weighted by Crippen LogP contribution is -2.30. The number of fused-ring (bicyclic) bond motifs is 1. The number of aliphatic hydroxyl groups excluding tert-OH is 1. The van der Waals surface area contributed by atoms with Gasteiger partial charge in [0.25, 0.3) is 0 Å². The Balaban J connectivity index is 2.08. The summed E-state index contributed by atoms with van der Waals surface area (Å²) in [6.45, 7) is 2.93. The van der Waals surface area contributed by atoms with Crippen LogP contribution in [0.15, 0.2) is 42.5 Å². The van der Waals surface area contributed by atoms with Crippen LogP contribution in [0.1, 0.15) is 18.1 Å². The van der Waals surface area contributed by atoms with Crippen LogP contribution in [0.2, 0.25) is 0 Å². The van der Waals surface area contributed by atoms with E-state index in [-0.39, 0.29) is 12.4 Å². The van der Waals surface area contributed by atoms with Crippen molar-refractivity contribution >= 4 is 11.4 Å². The fraction of sp³-hybridized carbons (Fsp3) is 0.294. The minimum Gasteiger partial charge on any atom is -0.392 e. The summed E-state index contributed by atoms with van der Waals surface area (Å²) < 4.78 is 13.7. The second kappa shape index (κ2) is 5.25. The van der Waals surface area contributed by atoms with Crippen LogP contribution in [-0.4, -0.2) is 11.7 Å². The highest BCUT2D eigenvalue weighted by Gasteiger charge is 2.23. The molecule has 1 aliphatic rings. The maximum Gasteiger partial charge on any atom is 0.125 e. The van der Waals surface area contributed by atoms with Crippen molar-refractivity contribution < 1.29 is 9.50 Å². The van der Waals surface area contributed by atoms with Gasteiger partial charge in [-0.15, -0.1) is 0 Å². The lowest BCUT2D eigenvalue weighted by atomic mass is 9.93. The monoisotopic (exact) mass is 271 g/mol. The fourth-order valence-corrected chi connectivity index (χ4v) is 2.92. The lowest BCUT2D eigenvalue weighted by molar-refractivity contribution is 0.281. The maximum atomic E-state index is 13.7. The molecule has 0 saturated heterocycles. The van der Waals surface area contributed by atoms with E-state index in [2.05, 4.69) is 24.0 Å². The number of rotatable bonds is 2. The third-order valence-electron chi connectivity index (χ3n) is 3.78. The Morgan fingerprint density at radius 1 is 1.25 bits per heavy atom. The van der Waals surface area contributed by atoms with Crippen molar-refractivity contribution in [1.29, 1.82) is 0 Å². The first kappa shape index (κ1) is 13.1. The normalized spacial score (nSPS) is 17.9. The maximum absolute atomic E-state index is 13.7. The van der Waals surface area contributed by atoms with Crippen LogP contribution in [0.25, 0.3) is 0 Å². The van der Waals surface area contributed by atoms with E-state index in [4.69, 9.17) is 0 Å². The van der Waals surface area contributed by atoms with Crippen molar-refractivity contribution in [2.45, 2.75) is 20.0 Å². The molecule has 0 bridgehead atoms. The smallest absolute Gasteiger partial charge is 0.125 e. The Hall–Kier alpha value is -1.87. The number of aliphatic hydroxyl groups is 1. The predicted octanol–water partition coefficient (Wildman–Crippen LogP) is 3.65. The van der Waals surface area contributed by atoms with Crippen LogP contribution in [-0.2, 0) is 13.0 Å². The molecule has 0 radical (unpaired) electrons. The van der Waals surface area contributed by atoms with E-state index >= 15 is 0 Å². The minimum absolute atomic E-state index is 0.143. The van der Waals surface area contributed by atoms with Gasteiger partial charge in [-0.05, 0) is 47.7 Å². The third-order valence-corrected chi connectivity index (χ3v) is 3.78. The topological polar surface area (TPSA) is 23.5 Å². The Kier molecular flexibility index (Phi) is 3.45. The molecule has 0 saturated carbocycles. The van der Waals surface area contributed by atoms with E-state index in [0.29, 0.717) is 11.5 Å². The molecule has 0 aromatic heterocycles. The number of hydrogen-bond donors (Lipinski definition) is 1. The molecule has 3 heteroatoms. The summed E-state index contributed by atoms with van der Waals surface area (Å²) >= 11 is 0. The van der Waals surface area contributed by atoms with Gasteiger partial charge in [-0.1, -0.05) is 25.1 Å². The van der Waals surface area contributed by atoms with E-state index in [0.717, 1.165) is 24.3 Å². The molecule has 2 aromatic rings. The predicted molar refractivity (Wildman–Crippen MR) is 78.6 cm³/mol. The molecule has 1 unspecified atom stereocenters. The summed E-state index contributed by atoms with van der Waals surface area (Å²) in [5.41, 5.74) is 3.85. The molecule has 3 rings (SSSR count). The molecule has 0 amide bonds. The molecule has 2 nitrogen and oxygen atoms in total. The van der Waals surface area contributed by atoms with Crippen molar-refractivity contribution in [2.24, 2.45) is 5.92 Å². The molecule has 0 spiro atoms. The molecule has 0 aliphatic carbocycles. The number of hydrogen-bond acceptors (Lipinski definition) is 2. The zero-order valence-electron chi connectivity index (χ0n) is 11.5. The Bertz CT molecular complexity index is 626. The molecule has 1 atom stereocenters. The molecule has 0 fully saturated rings. The van der Waals surface area contributed by atoms with E-state index in [1.54, 1.807) is 0 Å².